The molecule has 0 saturated heterocycles. The van der Waals surface area contributed by atoms with Gasteiger partial charge in [-0.15, -0.1) is 0 Å². The van der Waals surface area contributed by atoms with Crippen LogP contribution in [0.1, 0.15) is 39.6 Å². The fourth-order valence-electron chi connectivity index (χ4n) is 2.92. The van der Waals surface area contributed by atoms with Gasteiger partial charge in [-0.1, -0.05) is 41.9 Å². The van der Waals surface area contributed by atoms with E-state index in [1.165, 1.54) is 6.92 Å². The molecule has 8 heteroatoms. The SMILES string of the molecule is CC(OC(=O)CCN1C(=O)c2ccccc2C1=O)C(=O)NCc1ccccc1Cl. The Morgan fingerprint density at radius 2 is 1.62 bits per heavy atom. The lowest BCUT2D eigenvalue weighted by atomic mass is 10.1. The Kier molecular flexibility index (Phi) is 6.29. The molecule has 150 valence electrons. The molecule has 3 amide bonds. The van der Waals surface area contributed by atoms with Gasteiger partial charge in [-0.05, 0) is 30.7 Å². The fourth-order valence-corrected chi connectivity index (χ4v) is 3.13. The van der Waals surface area contributed by atoms with E-state index < -0.39 is 29.8 Å². The molecule has 0 aromatic heterocycles. The molecule has 0 fully saturated rings. The summed E-state index contributed by atoms with van der Waals surface area (Å²) in [6, 6.07) is 13.6. The second-order valence-electron chi connectivity index (χ2n) is 6.50. The van der Waals surface area contributed by atoms with E-state index in [9.17, 15) is 19.2 Å². The third-order valence-electron chi connectivity index (χ3n) is 4.51. The number of hydrogen-bond donors (Lipinski definition) is 1. The van der Waals surface area contributed by atoms with E-state index in [0.29, 0.717) is 16.1 Å². The number of fused-ring (bicyclic) bond motifs is 1. The highest BCUT2D eigenvalue weighted by molar-refractivity contribution is 6.31. The Balaban J connectivity index is 1.47. The van der Waals surface area contributed by atoms with Crippen LogP contribution < -0.4 is 5.32 Å². The summed E-state index contributed by atoms with van der Waals surface area (Å²) in [5, 5.41) is 3.18. The van der Waals surface area contributed by atoms with Gasteiger partial charge >= 0.3 is 5.97 Å². The average Bonchev–Trinajstić information content (AvgIpc) is 2.96. The number of benzene rings is 2. The lowest BCUT2D eigenvalue weighted by Gasteiger charge is -2.16. The molecule has 1 heterocycles. The number of nitrogens with zero attached hydrogens (tertiary/aromatic N) is 1. The second-order valence-corrected chi connectivity index (χ2v) is 6.91. The predicted octanol–water partition coefficient (Wildman–Crippen LogP) is 2.57. The maximum absolute atomic E-state index is 12.3. The lowest BCUT2D eigenvalue weighted by molar-refractivity contribution is -0.154. The molecule has 0 aliphatic carbocycles. The van der Waals surface area contributed by atoms with Gasteiger partial charge in [-0.25, -0.2) is 0 Å². The Labute approximate surface area is 172 Å². The number of imide groups is 1. The predicted molar refractivity (Wildman–Crippen MR) is 105 cm³/mol. The van der Waals surface area contributed by atoms with Crippen molar-refractivity contribution in [1.82, 2.24) is 10.2 Å². The van der Waals surface area contributed by atoms with Gasteiger partial charge in [-0.3, -0.25) is 24.1 Å². The van der Waals surface area contributed by atoms with Crippen LogP contribution in [-0.2, 0) is 20.9 Å². The molecule has 0 bridgehead atoms. The van der Waals surface area contributed by atoms with E-state index in [1.54, 1.807) is 48.5 Å². The summed E-state index contributed by atoms with van der Waals surface area (Å²) in [4.78, 5) is 49.7. The number of nitrogens with one attached hydrogen (secondary N) is 1. The summed E-state index contributed by atoms with van der Waals surface area (Å²) in [6.07, 6.45) is -1.22. The van der Waals surface area contributed by atoms with Crippen LogP contribution in [0.3, 0.4) is 0 Å². The van der Waals surface area contributed by atoms with Crippen LogP contribution in [-0.4, -0.2) is 41.2 Å². The van der Waals surface area contributed by atoms with Crippen molar-refractivity contribution in [3.05, 3.63) is 70.2 Å². The molecule has 0 spiro atoms. The molecule has 1 aliphatic rings. The van der Waals surface area contributed by atoms with Gasteiger partial charge in [0.05, 0.1) is 17.5 Å². The van der Waals surface area contributed by atoms with E-state index in [0.717, 1.165) is 10.5 Å². The van der Waals surface area contributed by atoms with Gasteiger partial charge in [0.1, 0.15) is 0 Å². The number of esters is 1. The average molecular weight is 415 g/mol. The largest absolute Gasteiger partial charge is 0.452 e. The second kappa shape index (κ2) is 8.87. The minimum Gasteiger partial charge on any atom is -0.452 e. The van der Waals surface area contributed by atoms with Crippen LogP contribution in [0.15, 0.2) is 48.5 Å². The first kappa shape index (κ1) is 20.5. The lowest BCUT2D eigenvalue weighted by Crippen LogP contribution is -2.37. The molecule has 7 nitrogen and oxygen atoms in total. The van der Waals surface area contributed by atoms with Crippen LogP contribution in [0.25, 0.3) is 0 Å². The molecule has 2 aromatic rings. The first-order chi connectivity index (χ1) is 13.9. The topological polar surface area (TPSA) is 92.8 Å². The molecule has 29 heavy (non-hydrogen) atoms. The number of ether oxygens (including phenoxy) is 1. The monoisotopic (exact) mass is 414 g/mol. The van der Waals surface area contributed by atoms with Crippen LogP contribution in [0.4, 0.5) is 0 Å². The summed E-state index contributed by atoms with van der Waals surface area (Å²) >= 11 is 6.04. The van der Waals surface area contributed by atoms with Gasteiger partial charge in [0.25, 0.3) is 17.7 Å². The normalized spacial score (nSPS) is 13.8. The zero-order chi connectivity index (χ0) is 21.0. The number of rotatable bonds is 7. The number of halogens is 1. The molecule has 1 atom stereocenters. The highest BCUT2D eigenvalue weighted by Crippen LogP contribution is 2.22. The maximum Gasteiger partial charge on any atom is 0.308 e. The van der Waals surface area contributed by atoms with Crippen LogP contribution >= 0.6 is 11.6 Å². The Morgan fingerprint density at radius 1 is 1.03 bits per heavy atom. The molecule has 2 aromatic carbocycles. The van der Waals surface area contributed by atoms with Gasteiger partial charge in [0.2, 0.25) is 0 Å². The number of carbonyl (C=O) groups is 4. The minimum atomic E-state index is -1.02. The molecule has 0 radical (unpaired) electrons. The van der Waals surface area contributed by atoms with E-state index in [-0.39, 0.29) is 19.5 Å². The van der Waals surface area contributed by atoms with Crippen molar-refractivity contribution in [1.29, 1.82) is 0 Å². The number of hydrogen-bond acceptors (Lipinski definition) is 5. The molecule has 1 N–H and O–H groups in total. The number of carbonyl (C=O) groups excluding carboxylic acids is 4. The molecular weight excluding hydrogens is 396 g/mol. The summed E-state index contributed by atoms with van der Waals surface area (Å²) in [6.45, 7) is 1.54. The minimum absolute atomic E-state index is 0.112. The molecule has 1 unspecified atom stereocenters. The van der Waals surface area contributed by atoms with Crippen molar-refractivity contribution in [3.63, 3.8) is 0 Å². The van der Waals surface area contributed by atoms with Crippen molar-refractivity contribution in [2.45, 2.75) is 26.0 Å². The van der Waals surface area contributed by atoms with Gasteiger partial charge < -0.3 is 10.1 Å². The van der Waals surface area contributed by atoms with E-state index in [4.69, 9.17) is 16.3 Å². The third kappa shape index (κ3) is 4.63. The molecule has 3 rings (SSSR count). The number of amides is 3. The van der Waals surface area contributed by atoms with Crippen LogP contribution in [0.5, 0.6) is 0 Å². The summed E-state index contributed by atoms with van der Waals surface area (Å²) < 4.78 is 5.10. The van der Waals surface area contributed by atoms with E-state index in [2.05, 4.69) is 5.32 Å². The van der Waals surface area contributed by atoms with E-state index in [1.807, 2.05) is 0 Å². The first-order valence-corrected chi connectivity index (χ1v) is 9.42. The van der Waals surface area contributed by atoms with Crippen LogP contribution in [0.2, 0.25) is 5.02 Å². The summed E-state index contributed by atoms with van der Waals surface area (Å²) in [5.74, 6) is -2.03. The third-order valence-corrected chi connectivity index (χ3v) is 4.87. The zero-order valence-corrected chi connectivity index (χ0v) is 16.4. The van der Waals surface area contributed by atoms with Gasteiger partial charge in [0.15, 0.2) is 6.10 Å². The van der Waals surface area contributed by atoms with Gasteiger partial charge in [-0.2, -0.15) is 0 Å². The Hall–Kier alpha value is -3.19. The quantitative estimate of drug-likeness (QED) is 0.555. The van der Waals surface area contributed by atoms with Crippen molar-refractivity contribution in [2.75, 3.05) is 6.54 Å². The highest BCUT2D eigenvalue weighted by atomic mass is 35.5. The molecule has 1 aliphatic heterocycles. The molecular formula is C21H19ClN2O5. The Morgan fingerprint density at radius 3 is 2.24 bits per heavy atom. The Bertz CT molecular complexity index is 940. The standard InChI is InChI=1S/C21H19ClN2O5/c1-13(19(26)23-12-14-6-2-5-9-17(14)22)29-18(25)10-11-24-20(27)15-7-3-4-8-16(15)21(24)28/h2-9,13H,10-12H2,1H3,(H,23,26). The smallest absolute Gasteiger partial charge is 0.308 e. The fraction of sp³-hybridized carbons (Fsp3) is 0.238. The first-order valence-electron chi connectivity index (χ1n) is 9.04. The van der Waals surface area contributed by atoms with Crippen molar-refractivity contribution >= 4 is 35.3 Å². The summed E-state index contributed by atoms with van der Waals surface area (Å²) in [7, 11) is 0. The zero-order valence-electron chi connectivity index (χ0n) is 15.7. The van der Waals surface area contributed by atoms with Crippen LogP contribution in [0, 0.1) is 0 Å². The van der Waals surface area contributed by atoms with E-state index >= 15 is 0 Å². The molecule has 0 saturated carbocycles. The highest BCUT2D eigenvalue weighted by Gasteiger charge is 2.35. The van der Waals surface area contributed by atoms with Crippen molar-refractivity contribution in [3.8, 4) is 0 Å². The van der Waals surface area contributed by atoms with Crippen molar-refractivity contribution < 1.29 is 23.9 Å². The summed E-state index contributed by atoms with van der Waals surface area (Å²) in [5.41, 5.74) is 1.38. The van der Waals surface area contributed by atoms with Crippen molar-refractivity contribution in [2.24, 2.45) is 0 Å². The maximum atomic E-state index is 12.3. The van der Waals surface area contributed by atoms with Gasteiger partial charge in [0, 0.05) is 18.1 Å².